The van der Waals surface area contributed by atoms with E-state index in [-0.39, 0.29) is 0 Å². The van der Waals surface area contributed by atoms with Crippen molar-refractivity contribution in [3.63, 3.8) is 0 Å². The number of alkyl halides is 2. The molecule has 0 aromatic carbocycles. The second-order valence-corrected chi connectivity index (χ2v) is 4.08. The van der Waals surface area contributed by atoms with E-state index in [4.69, 9.17) is 0 Å². The van der Waals surface area contributed by atoms with Crippen molar-refractivity contribution < 1.29 is 0 Å². The Bertz CT molecular complexity index is 61.9. The Kier molecular flexibility index (Phi) is 6.33. The Balaban J connectivity index is 3.41. The normalized spacial score (nSPS) is 14.3. The van der Waals surface area contributed by atoms with Gasteiger partial charge in [0.25, 0.3) is 0 Å². The minimum Gasteiger partial charge on any atom is -0.0928 e. The van der Waals surface area contributed by atoms with E-state index >= 15 is 0 Å². The number of hydrogen-bond donors (Lipinski definition) is 0. The fourth-order valence-electron chi connectivity index (χ4n) is 0.729. The SMILES string of the molecule is CC(C)C(CBr)CCBr. The van der Waals surface area contributed by atoms with Gasteiger partial charge in [-0.2, -0.15) is 0 Å². The first kappa shape index (κ1) is 9.96. The molecule has 56 valence electrons. The Hall–Kier alpha value is 0.960. The minimum atomic E-state index is 0.807. The second-order valence-electron chi connectivity index (χ2n) is 2.64. The van der Waals surface area contributed by atoms with Gasteiger partial charge >= 0.3 is 0 Å². The van der Waals surface area contributed by atoms with E-state index in [9.17, 15) is 0 Å². The molecule has 0 N–H and O–H groups in total. The molecule has 0 fully saturated rings. The van der Waals surface area contributed by atoms with Crippen molar-refractivity contribution >= 4 is 31.9 Å². The number of halogens is 2. The van der Waals surface area contributed by atoms with Crippen LogP contribution in [0.5, 0.6) is 0 Å². The van der Waals surface area contributed by atoms with Gasteiger partial charge in [-0.1, -0.05) is 45.7 Å². The van der Waals surface area contributed by atoms with E-state index in [1.807, 2.05) is 0 Å². The summed E-state index contributed by atoms with van der Waals surface area (Å²) in [6.07, 6.45) is 1.28. The van der Waals surface area contributed by atoms with Gasteiger partial charge in [0.1, 0.15) is 0 Å². The van der Waals surface area contributed by atoms with Gasteiger partial charge in [0, 0.05) is 10.7 Å². The molecule has 0 radical (unpaired) electrons. The van der Waals surface area contributed by atoms with Crippen LogP contribution in [0.15, 0.2) is 0 Å². The van der Waals surface area contributed by atoms with Gasteiger partial charge in [-0.3, -0.25) is 0 Å². The minimum absolute atomic E-state index is 0.807. The summed E-state index contributed by atoms with van der Waals surface area (Å²) < 4.78 is 0. The van der Waals surface area contributed by atoms with Crippen LogP contribution < -0.4 is 0 Å². The molecule has 0 spiro atoms. The van der Waals surface area contributed by atoms with Gasteiger partial charge < -0.3 is 0 Å². The molecule has 0 aliphatic rings. The highest BCUT2D eigenvalue weighted by molar-refractivity contribution is 9.09. The smallest absolute Gasteiger partial charge is 0.00624 e. The quantitative estimate of drug-likeness (QED) is 0.677. The van der Waals surface area contributed by atoms with E-state index < -0.39 is 0 Å². The van der Waals surface area contributed by atoms with Crippen molar-refractivity contribution in [2.75, 3.05) is 10.7 Å². The van der Waals surface area contributed by atoms with E-state index in [0.717, 1.165) is 22.5 Å². The van der Waals surface area contributed by atoms with Gasteiger partial charge in [0.15, 0.2) is 0 Å². The van der Waals surface area contributed by atoms with Crippen molar-refractivity contribution in [2.45, 2.75) is 20.3 Å². The van der Waals surface area contributed by atoms with E-state index in [0.29, 0.717) is 0 Å². The Labute approximate surface area is 74.7 Å². The summed E-state index contributed by atoms with van der Waals surface area (Å²) in [6, 6.07) is 0. The molecule has 0 bridgehead atoms. The molecule has 0 saturated carbocycles. The first-order valence-electron chi connectivity index (χ1n) is 3.34. The molecule has 0 aliphatic heterocycles. The third-order valence-corrected chi connectivity index (χ3v) is 2.91. The molecule has 0 saturated heterocycles. The summed E-state index contributed by atoms with van der Waals surface area (Å²) in [6.45, 7) is 4.54. The summed E-state index contributed by atoms with van der Waals surface area (Å²) in [7, 11) is 0. The van der Waals surface area contributed by atoms with E-state index in [1.54, 1.807) is 0 Å². The lowest BCUT2D eigenvalue weighted by molar-refractivity contribution is 0.421. The van der Waals surface area contributed by atoms with Crippen LogP contribution >= 0.6 is 31.9 Å². The van der Waals surface area contributed by atoms with Crippen molar-refractivity contribution in [3.8, 4) is 0 Å². The Morgan fingerprint density at radius 1 is 1.22 bits per heavy atom. The monoisotopic (exact) mass is 256 g/mol. The predicted molar refractivity (Wildman–Crippen MR) is 50.5 cm³/mol. The maximum atomic E-state index is 3.50. The van der Waals surface area contributed by atoms with Crippen molar-refractivity contribution in [1.82, 2.24) is 0 Å². The summed E-state index contributed by atoms with van der Waals surface area (Å²) >= 11 is 6.93. The van der Waals surface area contributed by atoms with Crippen molar-refractivity contribution in [2.24, 2.45) is 11.8 Å². The van der Waals surface area contributed by atoms with Crippen LogP contribution in [-0.2, 0) is 0 Å². The lowest BCUT2D eigenvalue weighted by Crippen LogP contribution is -2.10. The number of hydrogen-bond acceptors (Lipinski definition) is 0. The zero-order valence-corrected chi connectivity index (χ0v) is 9.20. The van der Waals surface area contributed by atoms with Crippen molar-refractivity contribution in [3.05, 3.63) is 0 Å². The van der Waals surface area contributed by atoms with E-state index in [2.05, 4.69) is 45.7 Å². The summed E-state index contributed by atoms with van der Waals surface area (Å²) in [5, 5.41) is 2.26. The highest BCUT2D eigenvalue weighted by Gasteiger charge is 2.09. The fraction of sp³-hybridized carbons (Fsp3) is 1.00. The zero-order chi connectivity index (χ0) is 7.28. The summed E-state index contributed by atoms with van der Waals surface area (Å²) in [5.41, 5.74) is 0. The van der Waals surface area contributed by atoms with Crippen molar-refractivity contribution in [1.29, 1.82) is 0 Å². The first-order chi connectivity index (χ1) is 4.22. The largest absolute Gasteiger partial charge is 0.0928 e. The lowest BCUT2D eigenvalue weighted by Gasteiger charge is -2.15. The second kappa shape index (κ2) is 5.72. The molecular weight excluding hydrogens is 244 g/mol. The van der Waals surface area contributed by atoms with Gasteiger partial charge in [-0.05, 0) is 18.3 Å². The molecule has 0 aliphatic carbocycles. The molecule has 1 atom stereocenters. The maximum Gasteiger partial charge on any atom is 0.00624 e. The lowest BCUT2D eigenvalue weighted by atomic mass is 9.96. The molecule has 0 rings (SSSR count). The molecule has 0 aromatic rings. The fourth-order valence-corrected chi connectivity index (χ4v) is 2.39. The molecule has 0 heterocycles. The van der Waals surface area contributed by atoms with Crippen LogP contribution in [0.2, 0.25) is 0 Å². The van der Waals surface area contributed by atoms with Gasteiger partial charge in [0.05, 0.1) is 0 Å². The van der Waals surface area contributed by atoms with Gasteiger partial charge in [-0.25, -0.2) is 0 Å². The average Bonchev–Trinajstić information content (AvgIpc) is 1.82. The molecule has 0 amide bonds. The van der Waals surface area contributed by atoms with Gasteiger partial charge in [-0.15, -0.1) is 0 Å². The Morgan fingerprint density at radius 3 is 1.89 bits per heavy atom. The summed E-state index contributed by atoms with van der Waals surface area (Å²) in [4.78, 5) is 0. The van der Waals surface area contributed by atoms with Crippen LogP contribution in [0.1, 0.15) is 20.3 Å². The third kappa shape index (κ3) is 4.38. The molecule has 0 aromatic heterocycles. The maximum absolute atomic E-state index is 3.50. The highest BCUT2D eigenvalue weighted by atomic mass is 79.9. The van der Waals surface area contributed by atoms with Crippen LogP contribution in [-0.4, -0.2) is 10.7 Å². The zero-order valence-electron chi connectivity index (χ0n) is 6.03. The van der Waals surface area contributed by atoms with Crippen LogP contribution in [0.4, 0.5) is 0 Å². The summed E-state index contributed by atoms with van der Waals surface area (Å²) in [5.74, 6) is 1.64. The first-order valence-corrected chi connectivity index (χ1v) is 5.58. The predicted octanol–water partition coefficient (Wildman–Crippen LogP) is 3.44. The molecule has 0 nitrogen and oxygen atoms in total. The van der Waals surface area contributed by atoms with Crippen LogP contribution in [0.25, 0.3) is 0 Å². The highest BCUT2D eigenvalue weighted by Crippen LogP contribution is 2.18. The average molecular weight is 258 g/mol. The molecule has 1 unspecified atom stereocenters. The molecule has 9 heavy (non-hydrogen) atoms. The topological polar surface area (TPSA) is 0 Å². The van der Waals surface area contributed by atoms with Gasteiger partial charge in [0.2, 0.25) is 0 Å². The standard InChI is InChI=1S/C7H14Br2/c1-6(2)7(5-9)3-4-8/h6-7H,3-5H2,1-2H3. The van der Waals surface area contributed by atoms with Crippen LogP contribution in [0, 0.1) is 11.8 Å². The molecule has 2 heteroatoms. The van der Waals surface area contributed by atoms with E-state index in [1.165, 1.54) is 6.42 Å². The molecular formula is C7H14Br2. The number of rotatable bonds is 4. The van der Waals surface area contributed by atoms with Crippen LogP contribution in [0.3, 0.4) is 0 Å². The Morgan fingerprint density at radius 2 is 1.78 bits per heavy atom. The third-order valence-electron chi connectivity index (χ3n) is 1.62.